The fraction of sp³-hybridized carbons (Fsp3) is 0.200. The van der Waals surface area contributed by atoms with Crippen molar-refractivity contribution >= 4 is 11.4 Å². The molecule has 0 aromatic heterocycles. The number of hydrogen-bond donors (Lipinski definition) is 2. The molecule has 2 aromatic rings. The third-order valence-electron chi connectivity index (χ3n) is 3.21. The van der Waals surface area contributed by atoms with Gasteiger partial charge < -0.3 is 11.5 Å². The third-order valence-corrected chi connectivity index (χ3v) is 3.21. The second kappa shape index (κ2) is 4.13. The van der Waals surface area contributed by atoms with Gasteiger partial charge in [0.15, 0.2) is 0 Å². The number of nitrogens with two attached hydrogens (primary N) is 2. The molecule has 0 unspecified atom stereocenters. The molecule has 17 heavy (non-hydrogen) atoms. The maximum Gasteiger partial charge on any atom is 0.0395 e. The van der Waals surface area contributed by atoms with Gasteiger partial charge in [-0.25, -0.2) is 0 Å². The van der Waals surface area contributed by atoms with E-state index in [1.165, 1.54) is 16.7 Å². The minimum atomic E-state index is 0.742. The van der Waals surface area contributed by atoms with Gasteiger partial charge in [-0.1, -0.05) is 12.1 Å². The van der Waals surface area contributed by atoms with Crippen LogP contribution in [0.1, 0.15) is 16.7 Å². The van der Waals surface area contributed by atoms with Crippen LogP contribution in [0.25, 0.3) is 11.1 Å². The van der Waals surface area contributed by atoms with E-state index < -0.39 is 0 Å². The normalized spacial score (nSPS) is 10.5. The first-order chi connectivity index (χ1) is 7.99. The quantitative estimate of drug-likeness (QED) is 0.732. The Balaban J connectivity index is 2.68. The fourth-order valence-corrected chi connectivity index (χ4v) is 2.06. The summed E-state index contributed by atoms with van der Waals surface area (Å²) in [5, 5.41) is 0. The molecule has 88 valence electrons. The maximum absolute atomic E-state index is 6.02. The lowest BCUT2D eigenvalue weighted by atomic mass is 9.94. The molecule has 0 amide bonds. The van der Waals surface area contributed by atoms with Crippen molar-refractivity contribution in [3.05, 3.63) is 47.0 Å². The minimum Gasteiger partial charge on any atom is -0.399 e. The molecule has 0 spiro atoms. The SMILES string of the molecule is Cc1cc(C)c(-c2cc(N)ccc2N)cc1C. The molecular formula is C15H18N2. The van der Waals surface area contributed by atoms with Gasteiger partial charge in [-0.05, 0) is 61.2 Å². The van der Waals surface area contributed by atoms with Crippen molar-refractivity contribution in [2.45, 2.75) is 20.8 Å². The molecule has 0 aliphatic carbocycles. The molecule has 0 saturated carbocycles. The molecule has 0 bridgehead atoms. The van der Waals surface area contributed by atoms with Crippen LogP contribution in [0.3, 0.4) is 0 Å². The Morgan fingerprint density at radius 1 is 0.706 bits per heavy atom. The van der Waals surface area contributed by atoms with Gasteiger partial charge in [-0.2, -0.15) is 0 Å². The van der Waals surface area contributed by atoms with E-state index in [0.717, 1.165) is 22.5 Å². The Hall–Kier alpha value is -1.96. The molecule has 0 aliphatic rings. The van der Waals surface area contributed by atoms with Crippen LogP contribution in [0, 0.1) is 20.8 Å². The molecule has 0 aliphatic heterocycles. The number of hydrogen-bond acceptors (Lipinski definition) is 2. The highest BCUT2D eigenvalue weighted by Gasteiger charge is 2.08. The van der Waals surface area contributed by atoms with E-state index in [1.54, 1.807) is 0 Å². The lowest BCUT2D eigenvalue weighted by Gasteiger charge is -2.12. The summed E-state index contributed by atoms with van der Waals surface area (Å²) in [6, 6.07) is 9.99. The van der Waals surface area contributed by atoms with E-state index in [2.05, 4.69) is 32.9 Å². The van der Waals surface area contributed by atoms with Crippen molar-refractivity contribution in [2.75, 3.05) is 11.5 Å². The Kier molecular flexibility index (Phi) is 2.80. The van der Waals surface area contributed by atoms with Gasteiger partial charge in [0.1, 0.15) is 0 Å². The van der Waals surface area contributed by atoms with Crippen LogP contribution in [-0.2, 0) is 0 Å². The van der Waals surface area contributed by atoms with Crippen LogP contribution in [0.15, 0.2) is 30.3 Å². The molecule has 0 radical (unpaired) electrons. The van der Waals surface area contributed by atoms with Gasteiger partial charge in [0.25, 0.3) is 0 Å². The van der Waals surface area contributed by atoms with E-state index in [1.807, 2.05) is 18.2 Å². The molecule has 2 aromatic carbocycles. The summed E-state index contributed by atoms with van der Waals surface area (Å²) in [5.41, 5.74) is 19.3. The van der Waals surface area contributed by atoms with Crippen LogP contribution < -0.4 is 11.5 Å². The van der Waals surface area contributed by atoms with Gasteiger partial charge in [0.05, 0.1) is 0 Å². The number of anilines is 2. The second-order valence-electron chi connectivity index (χ2n) is 4.60. The summed E-state index contributed by atoms with van der Waals surface area (Å²) < 4.78 is 0. The van der Waals surface area contributed by atoms with Crippen molar-refractivity contribution in [3.8, 4) is 11.1 Å². The highest BCUT2D eigenvalue weighted by molar-refractivity contribution is 5.81. The van der Waals surface area contributed by atoms with Crippen molar-refractivity contribution in [3.63, 3.8) is 0 Å². The van der Waals surface area contributed by atoms with Crippen molar-refractivity contribution in [2.24, 2.45) is 0 Å². The summed E-state index contributed by atoms with van der Waals surface area (Å²) in [6.07, 6.45) is 0. The summed E-state index contributed by atoms with van der Waals surface area (Å²) in [4.78, 5) is 0. The number of aryl methyl sites for hydroxylation is 3. The van der Waals surface area contributed by atoms with Gasteiger partial charge in [-0.3, -0.25) is 0 Å². The monoisotopic (exact) mass is 226 g/mol. The number of nitrogen functional groups attached to an aromatic ring is 2. The molecule has 2 rings (SSSR count). The summed E-state index contributed by atoms with van der Waals surface area (Å²) in [5.74, 6) is 0. The average molecular weight is 226 g/mol. The summed E-state index contributed by atoms with van der Waals surface area (Å²) in [7, 11) is 0. The van der Waals surface area contributed by atoms with Gasteiger partial charge >= 0.3 is 0 Å². The van der Waals surface area contributed by atoms with Crippen LogP contribution in [0.2, 0.25) is 0 Å². The van der Waals surface area contributed by atoms with Crippen molar-refractivity contribution in [1.29, 1.82) is 0 Å². The summed E-state index contributed by atoms with van der Waals surface area (Å²) in [6.45, 7) is 6.33. The van der Waals surface area contributed by atoms with Gasteiger partial charge in [0.2, 0.25) is 0 Å². The highest BCUT2D eigenvalue weighted by atomic mass is 14.6. The maximum atomic E-state index is 6.02. The molecular weight excluding hydrogens is 208 g/mol. The van der Waals surface area contributed by atoms with Gasteiger partial charge in [-0.15, -0.1) is 0 Å². The first-order valence-electron chi connectivity index (χ1n) is 5.72. The molecule has 0 heterocycles. The lowest BCUT2D eigenvalue weighted by Crippen LogP contribution is -1.95. The van der Waals surface area contributed by atoms with Crippen LogP contribution >= 0.6 is 0 Å². The van der Waals surface area contributed by atoms with Crippen LogP contribution in [0.4, 0.5) is 11.4 Å². The van der Waals surface area contributed by atoms with Crippen LogP contribution in [-0.4, -0.2) is 0 Å². The average Bonchev–Trinajstić information content (AvgIpc) is 2.27. The Morgan fingerprint density at radius 3 is 2.06 bits per heavy atom. The second-order valence-corrected chi connectivity index (χ2v) is 4.60. The fourth-order valence-electron chi connectivity index (χ4n) is 2.06. The molecule has 2 heteroatoms. The first-order valence-corrected chi connectivity index (χ1v) is 5.72. The molecule has 0 atom stereocenters. The third kappa shape index (κ3) is 2.11. The van der Waals surface area contributed by atoms with E-state index in [0.29, 0.717) is 0 Å². The summed E-state index contributed by atoms with van der Waals surface area (Å²) >= 11 is 0. The minimum absolute atomic E-state index is 0.742. The number of benzene rings is 2. The Morgan fingerprint density at radius 2 is 1.35 bits per heavy atom. The zero-order valence-electron chi connectivity index (χ0n) is 10.5. The smallest absolute Gasteiger partial charge is 0.0395 e. The standard InChI is InChI=1S/C15H18N2/c1-9-6-11(3)13(7-10(9)2)14-8-12(16)4-5-15(14)17/h4-8H,16-17H2,1-3H3. The Bertz CT molecular complexity index is 571. The highest BCUT2D eigenvalue weighted by Crippen LogP contribution is 2.32. The molecule has 4 N–H and O–H groups in total. The van der Waals surface area contributed by atoms with Crippen molar-refractivity contribution < 1.29 is 0 Å². The topological polar surface area (TPSA) is 52.0 Å². The molecule has 0 fully saturated rings. The molecule has 0 saturated heterocycles. The predicted octanol–water partition coefficient (Wildman–Crippen LogP) is 3.44. The van der Waals surface area contributed by atoms with Gasteiger partial charge in [0, 0.05) is 16.9 Å². The van der Waals surface area contributed by atoms with E-state index in [-0.39, 0.29) is 0 Å². The Labute approximate surface area is 102 Å². The largest absolute Gasteiger partial charge is 0.399 e. The zero-order valence-corrected chi connectivity index (χ0v) is 10.5. The predicted molar refractivity (Wildman–Crippen MR) is 74.9 cm³/mol. The molecule has 2 nitrogen and oxygen atoms in total. The van der Waals surface area contributed by atoms with Crippen molar-refractivity contribution in [1.82, 2.24) is 0 Å². The van der Waals surface area contributed by atoms with E-state index in [9.17, 15) is 0 Å². The zero-order chi connectivity index (χ0) is 12.6. The number of rotatable bonds is 1. The van der Waals surface area contributed by atoms with E-state index >= 15 is 0 Å². The first kappa shape index (κ1) is 11.5. The lowest BCUT2D eigenvalue weighted by molar-refractivity contribution is 1.30. The van der Waals surface area contributed by atoms with E-state index in [4.69, 9.17) is 11.5 Å². The van der Waals surface area contributed by atoms with Crippen LogP contribution in [0.5, 0.6) is 0 Å².